The third-order valence-electron chi connectivity index (χ3n) is 8.57. The first-order chi connectivity index (χ1) is 21.7. The van der Waals surface area contributed by atoms with E-state index >= 15 is 0 Å². The lowest BCUT2D eigenvalue weighted by molar-refractivity contribution is -0.188. The van der Waals surface area contributed by atoms with Crippen molar-refractivity contribution in [1.29, 1.82) is 0 Å². The molecule has 4 atom stereocenters. The second-order valence-corrected chi connectivity index (χ2v) is 14.3. The average Bonchev–Trinajstić information content (AvgIpc) is 3.58. The molecule has 2 saturated heterocycles. The number of amides is 2. The van der Waals surface area contributed by atoms with Crippen LogP contribution in [0.15, 0.2) is 69.9 Å². The second-order valence-electron chi connectivity index (χ2n) is 12.3. The lowest BCUT2D eigenvalue weighted by Crippen LogP contribution is -2.44. The van der Waals surface area contributed by atoms with E-state index in [0.717, 1.165) is 21.4 Å². The number of likely N-dealkylation sites (tertiary alicyclic amines) is 1. The first kappa shape index (κ1) is 31.7. The number of alkyl halides is 1. The predicted octanol–water partition coefficient (Wildman–Crippen LogP) is 3.79. The van der Waals surface area contributed by atoms with Gasteiger partial charge in [0.2, 0.25) is 17.6 Å². The Hall–Kier alpha value is -4.29. The molecule has 3 aliphatic rings. The number of carbonyl (C=O) groups excluding carboxylic acids is 4. The molecule has 240 valence electrons. The van der Waals surface area contributed by atoms with Crippen LogP contribution < -0.4 is 10.4 Å². The predicted molar refractivity (Wildman–Crippen MR) is 167 cm³/mol. The molecule has 2 fully saturated rings. The number of benzene rings is 2. The van der Waals surface area contributed by atoms with Gasteiger partial charge in [-0.15, -0.1) is 0 Å². The summed E-state index contributed by atoms with van der Waals surface area (Å²) in [5.74, 6) is -4.96. The van der Waals surface area contributed by atoms with Crippen LogP contribution in [0.25, 0.3) is 11.0 Å². The highest BCUT2D eigenvalue weighted by atomic mass is 79.9. The van der Waals surface area contributed by atoms with Crippen LogP contribution in [0, 0.1) is 18.8 Å². The number of hydrogen-bond acceptors (Lipinski definition) is 10. The molecule has 46 heavy (non-hydrogen) atoms. The Morgan fingerprint density at radius 2 is 1.65 bits per heavy atom. The van der Waals surface area contributed by atoms with E-state index in [4.69, 9.17) is 23.4 Å². The van der Waals surface area contributed by atoms with Gasteiger partial charge in [-0.2, -0.15) is 0 Å². The monoisotopic (exact) mass is 693 g/mol. The Morgan fingerprint density at radius 1 is 0.957 bits per heavy atom. The number of ether oxygens (including phenoxy) is 4. The summed E-state index contributed by atoms with van der Waals surface area (Å²) >= 11 is 3.28. The molecule has 3 aliphatic heterocycles. The molecule has 2 bridgehead atoms. The van der Waals surface area contributed by atoms with Crippen LogP contribution in [0.3, 0.4) is 0 Å². The zero-order valence-electron chi connectivity index (χ0n) is 25.7. The van der Waals surface area contributed by atoms with Crippen molar-refractivity contribution in [2.45, 2.75) is 49.3 Å². The molecule has 0 spiro atoms. The van der Waals surface area contributed by atoms with Gasteiger partial charge >= 0.3 is 17.6 Å². The molecule has 2 aromatic carbocycles. The fourth-order valence-electron chi connectivity index (χ4n) is 6.18. The molecule has 2 amide bonds. The molecule has 0 N–H and O–H groups in total. The number of rotatable bonds is 10. The van der Waals surface area contributed by atoms with Gasteiger partial charge in [-0.3, -0.25) is 24.1 Å². The molecule has 6 rings (SSSR count). The smallest absolute Gasteiger partial charge is 0.336 e. The van der Waals surface area contributed by atoms with Crippen molar-refractivity contribution < 1.29 is 42.5 Å². The van der Waals surface area contributed by atoms with Crippen LogP contribution in [0.1, 0.15) is 30.5 Å². The van der Waals surface area contributed by atoms with E-state index in [2.05, 4.69) is 15.9 Å². The quantitative estimate of drug-likeness (QED) is 0.101. The van der Waals surface area contributed by atoms with E-state index in [0.29, 0.717) is 23.3 Å². The number of nitrogens with zero attached hydrogens (tertiary/aromatic N) is 1. The molecule has 12 heteroatoms. The van der Waals surface area contributed by atoms with Gasteiger partial charge in [-0.1, -0.05) is 40.2 Å². The Morgan fingerprint density at radius 3 is 2.37 bits per heavy atom. The minimum atomic E-state index is -1.58. The Balaban J connectivity index is 1.14. The zero-order chi connectivity index (χ0) is 33.0. The number of imide groups is 1. The minimum Gasteiger partial charge on any atom is -0.464 e. The largest absolute Gasteiger partial charge is 0.464 e. The van der Waals surface area contributed by atoms with Gasteiger partial charge in [0.25, 0.3) is 0 Å². The summed E-state index contributed by atoms with van der Waals surface area (Å²) in [7, 11) is 1.41. The Kier molecular flexibility index (Phi) is 7.92. The van der Waals surface area contributed by atoms with Gasteiger partial charge in [0.1, 0.15) is 33.8 Å². The van der Waals surface area contributed by atoms with E-state index in [1.54, 1.807) is 63.3 Å². The van der Waals surface area contributed by atoms with Crippen LogP contribution in [0.4, 0.5) is 0 Å². The second kappa shape index (κ2) is 11.5. The molecule has 0 radical (unpaired) electrons. The molecule has 0 saturated carbocycles. The zero-order valence-corrected chi connectivity index (χ0v) is 27.3. The summed E-state index contributed by atoms with van der Waals surface area (Å²) in [5.41, 5.74) is 0.718. The van der Waals surface area contributed by atoms with Crippen molar-refractivity contribution in [1.82, 2.24) is 4.90 Å². The number of halogens is 1. The summed E-state index contributed by atoms with van der Waals surface area (Å²) < 4.78 is 28.1. The van der Waals surface area contributed by atoms with Gasteiger partial charge in [0.05, 0.1) is 18.9 Å². The summed E-state index contributed by atoms with van der Waals surface area (Å²) in [6.07, 6.45) is 3.61. The Bertz CT molecular complexity index is 1840. The van der Waals surface area contributed by atoms with Gasteiger partial charge in [-0.25, -0.2) is 4.79 Å². The summed E-state index contributed by atoms with van der Waals surface area (Å²) in [4.78, 5) is 64.4. The van der Waals surface area contributed by atoms with Crippen LogP contribution in [-0.2, 0) is 46.2 Å². The highest BCUT2D eigenvalue weighted by molar-refractivity contribution is 9.10. The van der Waals surface area contributed by atoms with E-state index in [9.17, 15) is 24.0 Å². The Labute approximate surface area is 272 Å². The van der Waals surface area contributed by atoms with Gasteiger partial charge in [-0.05, 0) is 67.8 Å². The molecule has 1 aromatic heterocycles. The topological polar surface area (TPSA) is 139 Å². The maximum absolute atomic E-state index is 13.3. The summed E-state index contributed by atoms with van der Waals surface area (Å²) in [5, 5.41) is 0.761. The van der Waals surface area contributed by atoms with Crippen molar-refractivity contribution in [3.8, 4) is 5.75 Å². The lowest BCUT2D eigenvalue weighted by atomic mass is 9.76. The summed E-state index contributed by atoms with van der Waals surface area (Å²) in [6, 6.07) is 13.6. The van der Waals surface area contributed by atoms with Crippen molar-refractivity contribution in [2.24, 2.45) is 11.8 Å². The maximum Gasteiger partial charge on any atom is 0.336 e. The maximum atomic E-state index is 13.3. The van der Waals surface area contributed by atoms with E-state index < -0.39 is 51.0 Å². The SMILES string of the molecule is Cc1cc(=O)oc2cc(CC(=O)OC[C@@]34C=C[C@@](Oc5ccc(CCOC(=O)C(C)(C)Br)cc5)(O3)[C@@H]3C(=O)N(C)C(=O)[C@@H]34)ccc12. The van der Waals surface area contributed by atoms with Gasteiger partial charge in [0, 0.05) is 24.9 Å². The molecule has 3 aromatic rings. The van der Waals surface area contributed by atoms with Crippen molar-refractivity contribution in [3.05, 3.63) is 87.8 Å². The number of hydrogen-bond donors (Lipinski definition) is 0. The molecule has 11 nitrogen and oxygen atoms in total. The third-order valence-corrected chi connectivity index (χ3v) is 8.89. The van der Waals surface area contributed by atoms with Gasteiger partial charge < -0.3 is 23.4 Å². The molecule has 0 unspecified atom stereocenters. The lowest BCUT2D eigenvalue weighted by Gasteiger charge is -2.29. The standard InChI is InChI=1S/C34H32BrNO10/c1-19-15-26(38)44-24-16-21(7-10-23(19)24)17-25(37)43-18-33-12-13-34(46-33,28-27(33)29(39)36(4)30(28)40)45-22-8-5-20(6-9-22)11-14-42-31(41)32(2,3)35/h5-10,12-13,15-16,27-28H,11,14,17-18H2,1-4H3/t27-,28+,33-,34-/m1/s1. The first-order valence-electron chi connectivity index (χ1n) is 14.8. The highest BCUT2D eigenvalue weighted by Gasteiger charge is 2.75. The van der Waals surface area contributed by atoms with Crippen molar-refractivity contribution in [2.75, 3.05) is 20.3 Å². The van der Waals surface area contributed by atoms with Crippen molar-refractivity contribution in [3.63, 3.8) is 0 Å². The molecular formula is C34H32BrNO10. The van der Waals surface area contributed by atoms with Crippen molar-refractivity contribution >= 4 is 50.7 Å². The number of esters is 2. The fraction of sp³-hybridized carbons (Fsp3) is 0.382. The minimum absolute atomic E-state index is 0.116. The fourth-order valence-corrected chi connectivity index (χ4v) is 6.30. The first-order valence-corrected chi connectivity index (χ1v) is 15.6. The average molecular weight is 695 g/mol. The van der Waals surface area contributed by atoms with E-state index in [1.807, 2.05) is 12.1 Å². The molecule has 4 heterocycles. The number of aryl methyl sites for hydroxylation is 1. The normalized spacial score (nSPS) is 24.8. The van der Waals surface area contributed by atoms with E-state index in [-0.39, 0.29) is 25.6 Å². The molecule has 0 aliphatic carbocycles. The van der Waals surface area contributed by atoms with Crippen LogP contribution in [0.5, 0.6) is 5.75 Å². The molecular weight excluding hydrogens is 662 g/mol. The van der Waals surface area contributed by atoms with Gasteiger partial charge in [0.15, 0.2) is 0 Å². The summed E-state index contributed by atoms with van der Waals surface area (Å²) in [6.45, 7) is 5.11. The van der Waals surface area contributed by atoms with Crippen LogP contribution in [-0.4, -0.2) is 64.6 Å². The van der Waals surface area contributed by atoms with E-state index in [1.165, 1.54) is 13.1 Å². The highest BCUT2D eigenvalue weighted by Crippen LogP contribution is 2.57. The van der Waals surface area contributed by atoms with Crippen LogP contribution in [0.2, 0.25) is 0 Å². The number of carbonyl (C=O) groups is 4. The van der Waals surface area contributed by atoms with Crippen LogP contribution >= 0.6 is 15.9 Å². The number of fused-ring (bicyclic) bond motifs is 6. The third kappa shape index (κ3) is 5.64.